The fraction of sp³-hybridized carbons (Fsp3) is 0.278. The molecule has 1 unspecified atom stereocenters. The average molecular weight is 741 g/mol. The van der Waals surface area contributed by atoms with Gasteiger partial charge in [0.1, 0.15) is 17.5 Å². The van der Waals surface area contributed by atoms with Crippen LogP contribution in [0, 0.1) is 23.6 Å². The highest BCUT2D eigenvalue weighted by Crippen LogP contribution is 2.45. The van der Waals surface area contributed by atoms with Gasteiger partial charge in [-0.15, -0.1) is 0 Å². The van der Waals surface area contributed by atoms with E-state index in [1.54, 1.807) is 17.0 Å². The third kappa shape index (κ3) is 7.02. The number of rotatable bonds is 11. The first-order valence-corrected chi connectivity index (χ1v) is 17.4. The molecule has 0 saturated heterocycles. The summed E-state index contributed by atoms with van der Waals surface area (Å²) < 4.78 is 91.0. The number of amides is 2. The highest BCUT2D eigenvalue weighted by molar-refractivity contribution is 7.92. The molecule has 5 atom stereocenters. The highest BCUT2D eigenvalue weighted by atomic mass is 32.2. The van der Waals surface area contributed by atoms with Gasteiger partial charge in [0.05, 0.1) is 43.3 Å². The monoisotopic (exact) mass is 740 g/mol. The number of ether oxygens (including phenoxy) is 2. The van der Waals surface area contributed by atoms with Gasteiger partial charge in [0.15, 0.2) is 0 Å². The fourth-order valence-corrected chi connectivity index (χ4v) is 7.60. The Hall–Kier alpha value is -5.51. The Bertz CT molecular complexity index is 2150. The quantitative estimate of drug-likeness (QED) is 0.121. The van der Waals surface area contributed by atoms with Crippen molar-refractivity contribution < 1.29 is 49.8 Å². The number of hydrogen-bond acceptors (Lipinski definition) is 8. The maximum Gasteiger partial charge on any atom is 0.501 e. The summed E-state index contributed by atoms with van der Waals surface area (Å²) in [6, 6.07) is 14.6. The second-order valence-corrected chi connectivity index (χ2v) is 14.4. The number of esters is 1. The molecule has 2 amide bonds. The van der Waals surface area contributed by atoms with Crippen LogP contribution < -0.4 is 15.4 Å². The largest absolute Gasteiger partial charge is 0.501 e. The molecular weight excluding hydrogens is 708 g/mol. The lowest BCUT2D eigenvalue weighted by atomic mass is 9.87. The van der Waals surface area contributed by atoms with Crippen LogP contribution in [-0.2, 0) is 30.7 Å². The number of allylic oxidation sites excluding steroid dienone is 1. The van der Waals surface area contributed by atoms with Gasteiger partial charge in [-0.2, -0.15) is 18.3 Å². The van der Waals surface area contributed by atoms with Crippen LogP contribution in [0.15, 0.2) is 96.2 Å². The van der Waals surface area contributed by atoms with Gasteiger partial charge in [0.2, 0.25) is 5.91 Å². The zero-order valence-corrected chi connectivity index (χ0v) is 28.4. The van der Waals surface area contributed by atoms with Crippen LogP contribution in [0.4, 0.5) is 23.2 Å². The minimum absolute atomic E-state index is 0.138. The van der Waals surface area contributed by atoms with Crippen molar-refractivity contribution in [2.75, 3.05) is 19.5 Å². The number of methoxy groups -OCH3 is 2. The van der Waals surface area contributed by atoms with Crippen molar-refractivity contribution in [1.29, 1.82) is 0 Å². The van der Waals surface area contributed by atoms with E-state index < -0.39 is 61.7 Å². The molecule has 0 aliphatic heterocycles. The van der Waals surface area contributed by atoms with E-state index in [1.807, 2.05) is 36.4 Å². The molecule has 1 fully saturated rings. The molecule has 2 bridgehead atoms. The highest BCUT2D eigenvalue weighted by Gasteiger charge is 2.50. The topological polar surface area (TPSA) is 146 Å². The van der Waals surface area contributed by atoms with E-state index in [0.29, 0.717) is 24.6 Å². The van der Waals surface area contributed by atoms with Gasteiger partial charge in [-0.25, -0.2) is 12.8 Å². The number of fused-ring (bicyclic) bond motifs is 2. The second kappa shape index (κ2) is 14.3. The van der Waals surface area contributed by atoms with E-state index in [9.17, 15) is 36.0 Å². The number of nitrogens with zero attached hydrogens (tertiary/aromatic N) is 2. The maximum absolute atomic E-state index is 15.7. The Balaban J connectivity index is 1.26. The molecule has 272 valence electrons. The predicted octanol–water partition coefficient (Wildman–Crippen LogP) is 5.24. The summed E-state index contributed by atoms with van der Waals surface area (Å²) in [4.78, 5) is 39.6. The lowest BCUT2D eigenvalue weighted by molar-refractivity contribution is -0.141. The van der Waals surface area contributed by atoms with Gasteiger partial charge < -0.3 is 20.1 Å². The summed E-state index contributed by atoms with van der Waals surface area (Å²) >= 11 is 0. The fourth-order valence-electron chi connectivity index (χ4n) is 6.79. The zero-order valence-electron chi connectivity index (χ0n) is 27.6. The number of sulfone groups is 1. The standard InChI is InChI=1S/C36H32F4N4O7S/c1-50-29-16-28(37)26(30(35(47)51-2)23-17-41-44(19-23)18-20-7-4-3-5-8-20)15-27(29)33(45)43-32-22-12-11-21(13-22)31(32)34(46)42-24-9-6-10-25(14-24)52(48,49)36(38,39)40/h3-12,14-17,19,21-22,30-32H,13,18H2,1-2H3,(H,42,46)(H,43,45)/t21-,22+,30?,31+,32-/m1/s1. The van der Waals surface area contributed by atoms with Crippen molar-refractivity contribution in [2.24, 2.45) is 17.8 Å². The van der Waals surface area contributed by atoms with Crippen LogP contribution in [0.25, 0.3) is 0 Å². The van der Waals surface area contributed by atoms with Crippen LogP contribution >= 0.6 is 0 Å². The zero-order chi connectivity index (χ0) is 37.4. The lowest BCUT2D eigenvalue weighted by Crippen LogP contribution is -2.47. The van der Waals surface area contributed by atoms with Crippen molar-refractivity contribution in [3.63, 3.8) is 0 Å². The van der Waals surface area contributed by atoms with Gasteiger partial charge in [0, 0.05) is 35.1 Å². The average Bonchev–Trinajstić information content (AvgIpc) is 3.86. The van der Waals surface area contributed by atoms with E-state index in [0.717, 1.165) is 30.9 Å². The minimum Gasteiger partial charge on any atom is -0.496 e. The molecule has 1 aromatic heterocycles. The molecule has 0 radical (unpaired) electrons. The first-order valence-electron chi connectivity index (χ1n) is 15.9. The van der Waals surface area contributed by atoms with E-state index in [2.05, 4.69) is 15.7 Å². The molecule has 52 heavy (non-hydrogen) atoms. The number of benzene rings is 3. The predicted molar refractivity (Wildman–Crippen MR) is 178 cm³/mol. The summed E-state index contributed by atoms with van der Waals surface area (Å²) in [7, 11) is -3.28. The summed E-state index contributed by atoms with van der Waals surface area (Å²) in [5.41, 5.74) is -4.80. The lowest BCUT2D eigenvalue weighted by Gasteiger charge is -2.28. The van der Waals surface area contributed by atoms with Gasteiger partial charge >= 0.3 is 11.5 Å². The summed E-state index contributed by atoms with van der Waals surface area (Å²) in [5, 5.41) is 9.66. The summed E-state index contributed by atoms with van der Waals surface area (Å²) in [6.45, 7) is 0.373. The molecule has 1 heterocycles. The molecule has 6 rings (SSSR count). The van der Waals surface area contributed by atoms with Gasteiger partial charge in [-0.05, 0) is 48.1 Å². The SMILES string of the molecule is COC(=O)C(c1cnn(Cc2ccccc2)c1)c1cc(C(=O)N[C@H]2[C@@H](C(=O)Nc3cccc(S(=O)(=O)C(F)(F)F)c3)[C@@H]3C=C[C@H]2C3)c(OC)cc1F. The van der Waals surface area contributed by atoms with Crippen LogP contribution in [0.5, 0.6) is 5.75 Å². The smallest absolute Gasteiger partial charge is 0.496 e. The van der Waals surface area contributed by atoms with Gasteiger partial charge in [-0.3, -0.25) is 19.1 Å². The Morgan fingerprint density at radius 1 is 1.00 bits per heavy atom. The number of hydrogen-bond donors (Lipinski definition) is 2. The molecule has 2 aliphatic carbocycles. The number of alkyl halides is 3. The number of anilines is 1. The van der Waals surface area contributed by atoms with E-state index >= 15 is 4.39 Å². The third-order valence-corrected chi connectivity index (χ3v) is 10.7. The van der Waals surface area contributed by atoms with Crippen LogP contribution in [-0.4, -0.2) is 61.8 Å². The van der Waals surface area contributed by atoms with Crippen molar-refractivity contribution in [3.8, 4) is 5.75 Å². The van der Waals surface area contributed by atoms with Crippen LogP contribution in [0.1, 0.15) is 39.4 Å². The molecule has 0 spiro atoms. The summed E-state index contributed by atoms with van der Waals surface area (Å²) in [5.74, 6) is -6.07. The van der Waals surface area contributed by atoms with Crippen molar-refractivity contribution >= 4 is 33.3 Å². The normalized spacial score (nSPS) is 20.0. The minimum atomic E-state index is -5.67. The van der Waals surface area contributed by atoms with Crippen LogP contribution in [0.2, 0.25) is 0 Å². The second-order valence-electron chi connectivity index (χ2n) is 12.4. The van der Waals surface area contributed by atoms with Crippen molar-refractivity contribution in [3.05, 3.63) is 119 Å². The van der Waals surface area contributed by atoms with Crippen molar-refractivity contribution in [2.45, 2.75) is 35.3 Å². The first-order chi connectivity index (χ1) is 24.7. The van der Waals surface area contributed by atoms with E-state index in [-0.39, 0.29) is 34.4 Å². The van der Waals surface area contributed by atoms with E-state index in [4.69, 9.17) is 9.47 Å². The molecule has 3 aromatic carbocycles. The van der Waals surface area contributed by atoms with Gasteiger partial charge in [0.25, 0.3) is 15.7 Å². The molecule has 2 N–H and O–H groups in total. The molecule has 2 aliphatic rings. The Morgan fingerprint density at radius 3 is 2.42 bits per heavy atom. The molecule has 11 nitrogen and oxygen atoms in total. The third-order valence-electron chi connectivity index (χ3n) is 9.26. The first kappa shape index (κ1) is 36.3. The number of nitrogens with one attached hydrogen (secondary N) is 2. The number of carbonyl (C=O) groups is 3. The Labute approximate surface area is 295 Å². The number of halogens is 4. The molecule has 1 saturated carbocycles. The molecule has 16 heteroatoms. The molecule has 4 aromatic rings. The Kier molecular flexibility index (Phi) is 9.94. The van der Waals surface area contributed by atoms with E-state index in [1.165, 1.54) is 25.4 Å². The Morgan fingerprint density at radius 2 is 1.73 bits per heavy atom. The van der Waals surface area contributed by atoms with Gasteiger partial charge in [-0.1, -0.05) is 48.6 Å². The van der Waals surface area contributed by atoms with Crippen molar-refractivity contribution in [1.82, 2.24) is 15.1 Å². The number of carbonyl (C=O) groups excluding carboxylic acids is 3. The van der Waals surface area contributed by atoms with Crippen LogP contribution in [0.3, 0.4) is 0 Å². The summed E-state index contributed by atoms with van der Waals surface area (Å²) in [6.07, 6.45) is 7.11. The maximum atomic E-state index is 15.7. The number of aromatic nitrogens is 2. The molecular formula is C36H32F4N4O7S.